The number of aromatic nitrogens is 1. The molecule has 3 heteroatoms. The van der Waals surface area contributed by atoms with Crippen LogP contribution in [0.25, 0.3) is 0 Å². The lowest BCUT2D eigenvalue weighted by molar-refractivity contribution is 0.145. The Kier molecular flexibility index (Phi) is 4.59. The summed E-state index contributed by atoms with van der Waals surface area (Å²) in [4.78, 5) is 6.86. The van der Waals surface area contributed by atoms with Gasteiger partial charge in [0.2, 0.25) is 0 Å². The van der Waals surface area contributed by atoms with E-state index in [-0.39, 0.29) is 6.10 Å². The minimum Gasteiger partial charge on any atom is -0.393 e. The zero-order valence-electron chi connectivity index (χ0n) is 11.5. The summed E-state index contributed by atoms with van der Waals surface area (Å²) in [6.45, 7) is 6.29. The maximum atomic E-state index is 9.51. The highest BCUT2D eigenvalue weighted by Crippen LogP contribution is 2.24. The van der Waals surface area contributed by atoms with Gasteiger partial charge in [-0.25, -0.2) is 4.98 Å². The molecule has 0 saturated carbocycles. The number of aliphatic hydroxyl groups is 1. The molecule has 18 heavy (non-hydrogen) atoms. The van der Waals surface area contributed by atoms with Gasteiger partial charge < -0.3 is 10.0 Å². The van der Waals surface area contributed by atoms with Gasteiger partial charge in [0.15, 0.2) is 0 Å². The van der Waals surface area contributed by atoms with Gasteiger partial charge in [-0.1, -0.05) is 19.9 Å². The van der Waals surface area contributed by atoms with Crippen LogP contribution in [0.4, 0.5) is 5.82 Å². The summed E-state index contributed by atoms with van der Waals surface area (Å²) in [5, 5.41) is 9.51. The van der Waals surface area contributed by atoms with Crippen LogP contribution in [-0.4, -0.2) is 29.3 Å². The van der Waals surface area contributed by atoms with Crippen LogP contribution in [0.3, 0.4) is 0 Å². The van der Waals surface area contributed by atoms with Crippen molar-refractivity contribution in [3.63, 3.8) is 0 Å². The molecule has 0 bridgehead atoms. The van der Waals surface area contributed by atoms with E-state index in [4.69, 9.17) is 0 Å². The van der Waals surface area contributed by atoms with Crippen LogP contribution >= 0.6 is 0 Å². The van der Waals surface area contributed by atoms with E-state index in [0.717, 1.165) is 31.7 Å². The first-order valence-corrected chi connectivity index (χ1v) is 7.13. The van der Waals surface area contributed by atoms with Gasteiger partial charge >= 0.3 is 0 Å². The highest BCUT2D eigenvalue weighted by atomic mass is 16.3. The Hall–Kier alpha value is -1.09. The van der Waals surface area contributed by atoms with Crippen molar-refractivity contribution in [2.24, 2.45) is 0 Å². The third-order valence-electron chi connectivity index (χ3n) is 4.02. The second-order valence-corrected chi connectivity index (χ2v) is 5.18. The maximum Gasteiger partial charge on any atom is 0.128 e. The van der Waals surface area contributed by atoms with E-state index >= 15 is 0 Å². The van der Waals surface area contributed by atoms with Gasteiger partial charge in [-0.2, -0.15) is 0 Å². The second-order valence-electron chi connectivity index (χ2n) is 5.18. The first-order chi connectivity index (χ1) is 8.74. The number of nitrogens with zero attached hydrogens (tertiary/aromatic N) is 2. The molecule has 0 radical (unpaired) electrons. The Morgan fingerprint density at radius 1 is 1.28 bits per heavy atom. The van der Waals surface area contributed by atoms with Crippen LogP contribution in [0.1, 0.15) is 51.0 Å². The van der Waals surface area contributed by atoms with Crippen LogP contribution < -0.4 is 4.90 Å². The molecule has 0 spiro atoms. The Labute approximate surface area is 110 Å². The highest BCUT2D eigenvalue weighted by Gasteiger charge is 2.18. The molecule has 1 N–H and O–H groups in total. The van der Waals surface area contributed by atoms with Gasteiger partial charge in [0, 0.05) is 19.3 Å². The van der Waals surface area contributed by atoms with Crippen molar-refractivity contribution in [2.75, 3.05) is 18.0 Å². The van der Waals surface area contributed by atoms with Crippen molar-refractivity contribution in [3.05, 3.63) is 23.9 Å². The molecule has 1 saturated heterocycles. The molecular weight excluding hydrogens is 224 g/mol. The lowest BCUT2D eigenvalue weighted by Gasteiger charge is -2.30. The Balaban J connectivity index is 2.03. The predicted octanol–water partition coefficient (Wildman–Crippen LogP) is 2.95. The number of hydrogen-bond acceptors (Lipinski definition) is 3. The molecule has 100 valence electrons. The van der Waals surface area contributed by atoms with Crippen LogP contribution in [-0.2, 0) is 0 Å². The monoisotopic (exact) mass is 248 g/mol. The van der Waals surface area contributed by atoms with Crippen LogP contribution in [0.15, 0.2) is 18.3 Å². The topological polar surface area (TPSA) is 36.4 Å². The predicted molar refractivity (Wildman–Crippen MR) is 75.0 cm³/mol. The smallest absolute Gasteiger partial charge is 0.128 e. The van der Waals surface area contributed by atoms with Crippen molar-refractivity contribution < 1.29 is 5.11 Å². The normalized spacial score (nSPS) is 17.4. The SMILES string of the molecule is CCC(CC)c1ccc(N2CCC(O)CC2)nc1. The fourth-order valence-corrected chi connectivity index (χ4v) is 2.68. The Bertz CT molecular complexity index is 351. The van der Waals surface area contributed by atoms with Crippen molar-refractivity contribution in [1.29, 1.82) is 0 Å². The van der Waals surface area contributed by atoms with Crippen molar-refractivity contribution in [1.82, 2.24) is 4.98 Å². The summed E-state index contributed by atoms with van der Waals surface area (Å²) in [5.41, 5.74) is 1.35. The first-order valence-electron chi connectivity index (χ1n) is 7.13. The Morgan fingerprint density at radius 3 is 2.44 bits per heavy atom. The number of pyridine rings is 1. The van der Waals surface area contributed by atoms with E-state index in [2.05, 4.69) is 35.9 Å². The quantitative estimate of drug-likeness (QED) is 0.890. The second kappa shape index (κ2) is 6.19. The molecule has 0 atom stereocenters. The number of anilines is 1. The average molecular weight is 248 g/mol. The summed E-state index contributed by atoms with van der Waals surface area (Å²) in [6, 6.07) is 4.34. The lowest BCUT2D eigenvalue weighted by Crippen LogP contribution is -2.36. The summed E-state index contributed by atoms with van der Waals surface area (Å²) < 4.78 is 0. The molecule has 0 aromatic carbocycles. The fourth-order valence-electron chi connectivity index (χ4n) is 2.68. The lowest BCUT2D eigenvalue weighted by atomic mass is 9.95. The van der Waals surface area contributed by atoms with Gasteiger partial charge in [-0.05, 0) is 43.2 Å². The maximum absolute atomic E-state index is 9.51. The van der Waals surface area contributed by atoms with Crippen LogP contribution in [0.2, 0.25) is 0 Å². The minimum atomic E-state index is -0.120. The van der Waals surface area contributed by atoms with Crippen molar-refractivity contribution in [3.8, 4) is 0 Å². The first kappa shape index (κ1) is 13.3. The molecule has 1 fully saturated rings. The van der Waals surface area contributed by atoms with E-state index in [1.807, 2.05) is 6.20 Å². The molecule has 2 heterocycles. The van der Waals surface area contributed by atoms with Crippen LogP contribution in [0.5, 0.6) is 0 Å². The number of rotatable bonds is 4. The van der Waals surface area contributed by atoms with E-state index in [1.165, 1.54) is 18.4 Å². The van der Waals surface area contributed by atoms with Gasteiger partial charge in [-0.15, -0.1) is 0 Å². The van der Waals surface area contributed by atoms with Crippen LogP contribution in [0, 0.1) is 0 Å². The molecule has 3 nitrogen and oxygen atoms in total. The standard InChI is InChI=1S/C15H24N2O/c1-3-12(4-2)13-5-6-15(16-11-13)17-9-7-14(18)8-10-17/h5-6,11-12,14,18H,3-4,7-10H2,1-2H3. The number of hydrogen-bond donors (Lipinski definition) is 1. The molecule has 0 aliphatic carbocycles. The van der Waals surface area contributed by atoms with Gasteiger partial charge in [0.05, 0.1) is 6.10 Å². The van der Waals surface area contributed by atoms with Crippen molar-refractivity contribution in [2.45, 2.75) is 51.6 Å². The van der Waals surface area contributed by atoms with E-state index in [9.17, 15) is 5.11 Å². The third-order valence-corrected chi connectivity index (χ3v) is 4.02. The van der Waals surface area contributed by atoms with E-state index in [0.29, 0.717) is 5.92 Å². The molecule has 0 amide bonds. The minimum absolute atomic E-state index is 0.120. The van der Waals surface area contributed by atoms with Crippen molar-refractivity contribution >= 4 is 5.82 Å². The summed E-state index contributed by atoms with van der Waals surface area (Å²) in [6.07, 6.45) is 5.97. The van der Waals surface area contributed by atoms with E-state index in [1.54, 1.807) is 0 Å². The third kappa shape index (κ3) is 3.02. The summed E-state index contributed by atoms with van der Waals surface area (Å²) in [5.74, 6) is 1.69. The number of piperidine rings is 1. The molecule has 1 aromatic heterocycles. The van der Waals surface area contributed by atoms with Gasteiger partial charge in [-0.3, -0.25) is 0 Å². The molecule has 0 unspecified atom stereocenters. The molecular formula is C15H24N2O. The summed E-state index contributed by atoms with van der Waals surface area (Å²) in [7, 11) is 0. The van der Waals surface area contributed by atoms with Gasteiger partial charge in [0.1, 0.15) is 5.82 Å². The molecule has 1 aliphatic rings. The van der Waals surface area contributed by atoms with E-state index < -0.39 is 0 Å². The average Bonchev–Trinajstić information content (AvgIpc) is 2.42. The zero-order chi connectivity index (χ0) is 13.0. The molecule has 1 aromatic rings. The highest BCUT2D eigenvalue weighted by molar-refractivity contribution is 5.40. The Morgan fingerprint density at radius 2 is 1.94 bits per heavy atom. The molecule has 1 aliphatic heterocycles. The summed E-state index contributed by atoms with van der Waals surface area (Å²) >= 11 is 0. The fraction of sp³-hybridized carbons (Fsp3) is 0.667. The molecule has 2 rings (SSSR count). The zero-order valence-corrected chi connectivity index (χ0v) is 11.5. The van der Waals surface area contributed by atoms with Gasteiger partial charge in [0.25, 0.3) is 0 Å². The largest absolute Gasteiger partial charge is 0.393 e. The number of aliphatic hydroxyl groups excluding tert-OH is 1.